The second-order valence-corrected chi connectivity index (χ2v) is 6.98. The average Bonchev–Trinajstić information content (AvgIpc) is 3.14. The Labute approximate surface area is 159 Å². The molecule has 4 nitrogen and oxygen atoms in total. The quantitative estimate of drug-likeness (QED) is 0.454. The fourth-order valence-electron chi connectivity index (χ4n) is 3.43. The van der Waals surface area contributed by atoms with Gasteiger partial charge in [-0.15, -0.1) is 0 Å². The van der Waals surface area contributed by atoms with Crippen molar-refractivity contribution in [2.45, 2.75) is 25.3 Å². The van der Waals surface area contributed by atoms with E-state index in [2.05, 4.69) is 29.2 Å². The lowest BCUT2D eigenvalue weighted by molar-refractivity contribution is -0.124. The molecule has 2 aromatic rings. The van der Waals surface area contributed by atoms with E-state index in [4.69, 9.17) is 16.8 Å². The number of amides is 1. The van der Waals surface area contributed by atoms with Crippen molar-refractivity contribution in [3.8, 4) is 0 Å². The van der Waals surface area contributed by atoms with Crippen molar-refractivity contribution in [1.29, 1.82) is 0 Å². The molecule has 1 amide bonds. The molecule has 3 rings (SSSR count). The third-order valence-corrected chi connectivity index (χ3v) is 5.08. The number of hydroxylamine groups is 1. The first-order chi connectivity index (χ1) is 12.7. The summed E-state index contributed by atoms with van der Waals surface area (Å²) < 4.78 is 0. The largest absolute Gasteiger partial charge is 0.296 e. The van der Waals surface area contributed by atoms with Crippen LogP contribution in [0.2, 0.25) is 5.02 Å². The minimum atomic E-state index is -0.529. The molecule has 1 aliphatic rings. The number of carbonyl (C=O) groups excluding carboxylic acids is 1. The van der Waals surface area contributed by atoms with Crippen LogP contribution >= 0.6 is 11.6 Å². The summed E-state index contributed by atoms with van der Waals surface area (Å²) in [7, 11) is 0. The topological polar surface area (TPSA) is 52.6 Å². The Kier molecular flexibility index (Phi) is 6.45. The zero-order valence-electron chi connectivity index (χ0n) is 14.6. The van der Waals surface area contributed by atoms with E-state index >= 15 is 0 Å². The zero-order chi connectivity index (χ0) is 18.4. The SMILES string of the molecule is O=C(C=Cc1ccc(C2CCCN2CCc2ccc(Cl)cc2)cc1)NO. The standard InChI is InChI=1S/C21H23ClN2O2/c22-19-10-5-17(6-11-19)13-15-24-14-1-2-20(24)18-8-3-16(4-9-18)7-12-21(25)23-26/h3-12,20,26H,1-2,13-15H2,(H,23,25). The molecule has 1 aliphatic heterocycles. The molecule has 0 aliphatic carbocycles. The first-order valence-corrected chi connectivity index (χ1v) is 9.24. The van der Waals surface area contributed by atoms with E-state index in [9.17, 15) is 4.79 Å². The molecule has 0 spiro atoms. The Morgan fingerprint density at radius 2 is 1.92 bits per heavy atom. The van der Waals surface area contributed by atoms with Crippen LogP contribution < -0.4 is 5.48 Å². The normalized spacial score (nSPS) is 17.7. The van der Waals surface area contributed by atoms with Gasteiger partial charge in [0.2, 0.25) is 0 Å². The van der Waals surface area contributed by atoms with E-state index in [-0.39, 0.29) is 0 Å². The van der Waals surface area contributed by atoms with E-state index in [0.717, 1.165) is 30.1 Å². The van der Waals surface area contributed by atoms with Gasteiger partial charge in [-0.25, -0.2) is 5.48 Å². The lowest BCUT2D eigenvalue weighted by Crippen LogP contribution is -2.25. The molecule has 1 atom stereocenters. The fourth-order valence-corrected chi connectivity index (χ4v) is 3.56. The van der Waals surface area contributed by atoms with Gasteiger partial charge in [-0.05, 0) is 60.7 Å². The van der Waals surface area contributed by atoms with Crippen LogP contribution in [0.25, 0.3) is 6.08 Å². The summed E-state index contributed by atoms with van der Waals surface area (Å²) in [5.41, 5.74) is 5.14. The number of halogens is 1. The lowest BCUT2D eigenvalue weighted by atomic mass is 10.0. The van der Waals surface area contributed by atoms with Crippen molar-refractivity contribution >= 4 is 23.6 Å². The number of nitrogens with zero attached hydrogens (tertiary/aromatic N) is 1. The van der Waals surface area contributed by atoms with Gasteiger partial charge < -0.3 is 0 Å². The fraction of sp³-hybridized carbons (Fsp3) is 0.286. The zero-order valence-corrected chi connectivity index (χ0v) is 15.3. The maximum atomic E-state index is 11.0. The van der Waals surface area contributed by atoms with Gasteiger partial charge in [0.25, 0.3) is 5.91 Å². The first-order valence-electron chi connectivity index (χ1n) is 8.86. The Hall–Kier alpha value is -2.14. The second-order valence-electron chi connectivity index (χ2n) is 6.55. The molecular weight excluding hydrogens is 348 g/mol. The predicted octanol–water partition coefficient (Wildman–Crippen LogP) is 4.24. The smallest absolute Gasteiger partial charge is 0.267 e. The van der Waals surface area contributed by atoms with Crippen LogP contribution in [0.4, 0.5) is 0 Å². The van der Waals surface area contributed by atoms with Crippen molar-refractivity contribution in [3.05, 3.63) is 76.3 Å². The van der Waals surface area contributed by atoms with Crippen molar-refractivity contribution in [1.82, 2.24) is 10.4 Å². The van der Waals surface area contributed by atoms with E-state index in [1.807, 2.05) is 24.3 Å². The molecule has 136 valence electrons. The monoisotopic (exact) mass is 370 g/mol. The van der Waals surface area contributed by atoms with Gasteiger partial charge in [0.05, 0.1) is 0 Å². The van der Waals surface area contributed by atoms with E-state index < -0.39 is 5.91 Å². The Bertz CT molecular complexity index is 757. The summed E-state index contributed by atoms with van der Waals surface area (Å²) in [4.78, 5) is 13.6. The summed E-state index contributed by atoms with van der Waals surface area (Å²) in [5, 5.41) is 9.29. The van der Waals surface area contributed by atoms with Crippen LogP contribution in [0.5, 0.6) is 0 Å². The Morgan fingerprint density at radius 1 is 1.19 bits per heavy atom. The summed E-state index contributed by atoms with van der Waals surface area (Å²) in [5.74, 6) is -0.529. The first kappa shape index (κ1) is 18.6. The second kappa shape index (κ2) is 8.99. The summed E-state index contributed by atoms with van der Waals surface area (Å²) >= 11 is 5.95. The number of carbonyl (C=O) groups is 1. The molecule has 0 bridgehead atoms. The third-order valence-electron chi connectivity index (χ3n) is 4.82. The summed E-state index contributed by atoms with van der Waals surface area (Å²) in [6, 6.07) is 16.8. The summed E-state index contributed by atoms with van der Waals surface area (Å²) in [6.45, 7) is 2.15. The minimum absolute atomic E-state index is 0.445. The molecule has 0 radical (unpaired) electrons. The van der Waals surface area contributed by atoms with Gasteiger partial charge in [0.15, 0.2) is 0 Å². The van der Waals surface area contributed by atoms with Gasteiger partial charge in [-0.3, -0.25) is 14.9 Å². The van der Waals surface area contributed by atoms with Crippen LogP contribution in [0.1, 0.15) is 35.6 Å². The molecule has 0 saturated carbocycles. The lowest BCUT2D eigenvalue weighted by Gasteiger charge is -2.25. The molecule has 1 heterocycles. The van der Waals surface area contributed by atoms with Crippen LogP contribution in [0.15, 0.2) is 54.6 Å². The number of hydrogen-bond donors (Lipinski definition) is 2. The van der Waals surface area contributed by atoms with Crippen molar-refractivity contribution < 1.29 is 10.0 Å². The highest BCUT2D eigenvalue weighted by molar-refractivity contribution is 6.30. The van der Waals surface area contributed by atoms with Crippen LogP contribution in [0.3, 0.4) is 0 Å². The van der Waals surface area contributed by atoms with Crippen LogP contribution in [-0.2, 0) is 11.2 Å². The highest BCUT2D eigenvalue weighted by Gasteiger charge is 2.25. The maximum absolute atomic E-state index is 11.0. The Balaban J connectivity index is 1.61. The number of likely N-dealkylation sites (tertiary alicyclic amines) is 1. The molecule has 5 heteroatoms. The highest BCUT2D eigenvalue weighted by Crippen LogP contribution is 2.32. The molecule has 2 N–H and O–H groups in total. The molecular formula is C21H23ClN2O2. The molecule has 1 fully saturated rings. The van der Waals surface area contributed by atoms with Crippen LogP contribution in [0, 0.1) is 0 Å². The van der Waals surface area contributed by atoms with E-state index in [0.29, 0.717) is 6.04 Å². The molecule has 2 aromatic carbocycles. The van der Waals surface area contributed by atoms with Crippen molar-refractivity contribution in [2.24, 2.45) is 0 Å². The molecule has 1 unspecified atom stereocenters. The number of benzene rings is 2. The summed E-state index contributed by atoms with van der Waals surface area (Å²) in [6.07, 6.45) is 6.39. The van der Waals surface area contributed by atoms with Crippen LogP contribution in [-0.4, -0.2) is 29.1 Å². The molecule has 1 saturated heterocycles. The predicted molar refractivity (Wildman–Crippen MR) is 104 cm³/mol. The maximum Gasteiger partial charge on any atom is 0.267 e. The number of rotatable bonds is 6. The highest BCUT2D eigenvalue weighted by atomic mass is 35.5. The van der Waals surface area contributed by atoms with Gasteiger partial charge in [-0.1, -0.05) is 48.0 Å². The molecule has 26 heavy (non-hydrogen) atoms. The number of nitrogens with one attached hydrogen (secondary N) is 1. The minimum Gasteiger partial charge on any atom is -0.296 e. The average molecular weight is 371 g/mol. The Morgan fingerprint density at radius 3 is 2.62 bits per heavy atom. The van der Waals surface area contributed by atoms with Gasteiger partial charge in [-0.2, -0.15) is 0 Å². The van der Waals surface area contributed by atoms with Gasteiger partial charge >= 0.3 is 0 Å². The van der Waals surface area contributed by atoms with E-state index in [1.165, 1.54) is 30.0 Å². The molecule has 0 aromatic heterocycles. The van der Waals surface area contributed by atoms with Gasteiger partial charge in [0, 0.05) is 23.7 Å². The van der Waals surface area contributed by atoms with E-state index in [1.54, 1.807) is 11.6 Å². The van der Waals surface area contributed by atoms with Crippen molar-refractivity contribution in [2.75, 3.05) is 13.1 Å². The van der Waals surface area contributed by atoms with Gasteiger partial charge in [0.1, 0.15) is 0 Å². The number of hydrogen-bond acceptors (Lipinski definition) is 3. The third kappa shape index (κ3) is 4.94. The van der Waals surface area contributed by atoms with Crippen molar-refractivity contribution in [3.63, 3.8) is 0 Å².